The Morgan fingerprint density at radius 3 is 2.43 bits per heavy atom. The normalized spacial score (nSPS) is 17.6. The second kappa shape index (κ2) is 12.0. The fourth-order valence-electron chi connectivity index (χ4n) is 2.63. The van der Waals surface area contributed by atoms with Gasteiger partial charge in [0.2, 0.25) is 0 Å². The van der Waals surface area contributed by atoms with E-state index in [4.69, 9.17) is 4.74 Å². The number of ether oxygens (including phenoxy) is 2. The SMILES string of the molecule is COC(=O)CCCCCCCCC(O)CN1CCOCC1. The number of β-amino-alcohol motifs (C(OH)–C–C–N with tert-alkyl or cyclic N) is 1. The van der Waals surface area contributed by atoms with Gasteiger partial charge in [-0.2, -0.15) is 0 Å². The molecule has 1 atom stereocenters. The molecule has 0 amide bonds. The zero-order chi connectivity index (χ0) is 15.3. The molecule has 124 valence electrons. The Hall–Kier alpha value is -0.650. The minimum absolute atomic E-state index is 0.110. The first kappa shape index (κ1) is 18.4. The largest absolute Gasteiger partial charge is 0.469 e. The minimum atomic E-state index is -0.206. The molecule has 0 spiro atoms. The number of aliphatic hydroxyl groups is 1. The molecule has 1 saturated heterocycles. The summed E-state index contributed by atoms with van der Waals surface area (Å²) in [4.78, 5) is 13.2. The highest BCUT2D eigenvalue weighted by molar-refractivity contribution is 5.68. The van der Waals surface area contributed by atoms with Gasteiger partial charge in [0.15, 0.2) is 0 Å². The molecule has 0 bridgehead atoms. The topological polar surface area (TPSA) is 59.0 Å². The maximum absolute atomic E-state index is 10.9. The molecule has 0 aliphatic carbocycles. The Morgan fingerprint density at radius 2 is 1.76 bits per heavy atom. The second-order valence-electron chi connectivity index (χ2n) is 5.80. The van der Waals surface area contributed by atoms with Crippen LogP contribution in [0, 0.1) is 0 Å². The first-order chi connectivity index (χ1) is 10.2. The number of unbranched alkanes of at least 4 members (excludes halogenated alkanes) is 5. The lowest BCUT2D eigenvalue weighted by Gasteiger charge is -2.28. The number of nitrogens with zero attached hydrogens (tertiary/aromatic N) is 1. The zero-order valence-corrected chi connectivity index (χ0v) is 13.4. The van der Waals surface area contributed by atoms with Gasteiger partial charge in [-0.25, -0.2) is 0 Å². The van der Waals surface area contributed by atoms with Crippen LogP contribution in [0.25, 0.3) is 0 Å². The van der Waals surface area contributed by atoms with Gasteiger partial charge in [-0.1, -0.05) is 32.1 Å². The number of esters is 1. The molecule has 21 heavy (non-hydrogen) atoms. The summed E-state index contributed by atoms with van der Waals surface area (Å²) in [5, 5.41) is 10.00. The number of rotatable bonds is 11. The van der Waals surface area contributed by atoms with E-state index in [0.29, 0.717) is 6.42 Å². The third-order valence-corrected chi connectivity index (χ3v) is 3.97. The second-order valence-corrected chi connectivity index (χ2v) is 5.80. The number of hydrogen-bond acceptors (Lipinski definition) is 5. The molecule has 1 N–H and O–H groups in total. The first-order valence-electron chi connectivity index (χ1n) is 8.27. The molecule has 0 aromatic heterocycles. The van der Waals surface area contributed by atoms with Crippen molar-refractivity contribution < 1.29 is 19.4 Å². The van der Waals surface area contributed by atoms with Gasteiger partial charge in [0.05, 0.1) is 26.4 Å². The summed E-state index contributed by atoms with van der Waals surface area (Å²) in [6.45, 7) is 4.24. The fraction of sp³-hybridized carbons (Fsp3) is 0.938. The van der Waals surface area contributed by atoms with Gasteiger partial charge in [0, 0.05) is 26.1 Å². The van der Waals surface area contributed by atoms with E-state index in [9.17, 15) is 9.90 Å². The summed E-state index contributed by atoms with van der Waals surface area (Å²) in [7, 11) is 1.44. The lowest BCUT2D eigenvalue weighted by atomic mass is 10.1. The van der Waals surface area contributed by atoms with Crippen molar-refractivity contribution in [2.45, 2.75) is 57.5 Å². The third-order valence-electron chi connectivity index (χ3n) is 3.97. The van der Waals surface area contributed by atoms with Crippen molar-refractivity contribution in [2.75, 3.05) is 40.0 Å². The van der Waals surface area contributed by atoms with Crippen LogP contribution in [0.2, 0.25) is 0 Å². The van der Waals surface area contributed by atoms with Gasteiger partial charge in [0.1, 0.15) is 0 Å². The van der Waals surface area contributed by atoms with Gasteiger partial charge in [-0.05, 0) is 12.8 Å². The summed E-state index contributed by atoms with van der Waals surface area (Å²) in [6.07, 6.45) is 7.83. The molecule has 1 rings (SSSR count). The quantitative estimate of drug-likeness (QED) is 0.467. The molecule has 5 nitrogen and oxygen atoms in total. The van der Waals surface area contributed by atoms with Crippen LogP contribution in [-0.2, 0) is 14.3 Å². The highest BCUT2D eigenvalue weighted by Gasteiger charge is 2.14. The van der Waals surface area contributed by atoms with Crippen molar-refractivity contribution in [1.82, 2.24) is 4.90 Å². The summed E-state index contributed by atoms with van der Waals surface area (Å²) in [6, 6.07) is 0. The highest BCUT2D eigenvalue weighted by atomic mass is 16.5. The van der Waals surface area contributed by atoms with Gasteiger partial charge >= 0.3 is 5.97 Å². The van der Waals surface area contributed by atoms with Crippen LogP contribution < -0.4 is 0 Å². The van der Waals surface area contributed by atoms with E-state index in [1.807, 2.05) is 0 Å². The first-order valence-corrected chi connectivity index (χ1v) is 8.27. The van der Waals surface area contributed by atoms with Gasteiger partial charge in [-0.3, -0.25) is 9.69 Å². The van der Waals surface area contributed by atoms with Crippen LogP contribution in [0.1, 0.15) is 51.4 Å². The van der Waals surface area contributed by atoms with Crippen LogP contribution in [0.4, 0.5) is 0 Å². The number of aliphatic hydroxyl groups excluding tert-OH is 1. The summed E-state index contributed by atoms with van der Waals surface area (Å²) in [5.74, 6) is -0.110. The molecule has 0 aromatic rings. The van der Waals surface area contributed by atoms with Crippen LogP contribution in [-0.4, -0.2) is 62.0 Å². The van der Waals surface area contributed by atoms with E-state index < -0.39 is 0 Å². The van der Waals surface area contributed by atoms with E-state index in [2.05, 4.69) is 9.64 Å². The van der Waals surface area contributed by atoms with Gasteiger partial charge < -0.3 is 14.6 Å². The lowest BCUT2D eigenvalue weighted by molar-refractivity contribution is -0.140. The molecular weight excluding hydrogens is 270 g/mol. The number of methoxy groups -OCH3 is 1. The smallest absolute Gasteiger partial charge is 0.305 e. The van der Waals surface area contributed by atoms with E-state index in [-0.39, 0.29) is 12.1 Å². The van der Waals surface area contributed by atoms with Gasteiger partial charge in [-0.15, -0.1) is 0 Å². The van der Waals surface area contributed by atoms with E-state index in [1.54, 1.807) is 0 Å². The van der Waals surface area contributed by atoms with E-state index in [0.717, 1.165) is 65.0 Å². The number of hydrogen-bond donors (Lipinski definition) is 1. The van der Waals surface area contributed by atoms with Crippen LogP contribution in [0.3, 0.4) is 0 Å². The Kier molecular flexibility index (Phi) is 10.5. The highest BCUT2D eigenvalue weighted by Crippen LogP contribution is 2.11. The standard InChI is InChI=1S/C16H31NO4/c1-20-16(19)9-7-5-3-2-4-6-8-15(18)14-17-10-12-21-13-11-17/h15,18H,2-14H2,1H3. The van der Waals surface area contributed by atoms with Crippen molar-refractivity contribution >= 4 is 5.97 Å². The van der Waals surface area contributed by atoms with Gasteiger partial charge in [0.25, 0.3) is 0 Å². The number of morpholine rings is 1. The van der Waals surface area contributed by atoms with Crippen LogP contribution >= 0.6 is 0 Å². The Labute approximate surface area is 128 Å². The van der Waals surface area contributed by atoms with Crippen molar-refractivity contribution in [3.05, 3.63) is 0 Å². The average molecular weight is 301 g/mol. The van der Waals surface area contributed by atoms with E-state index in [1.165, 1.54) is 20.0 Å². The number of carbonyl (C=O) groups is 1. The molecule has 0 aromatic carbocycles. The molecule has 1 fully saturated rings. The Balaban J connectivity index is 1.85. The Bertz CT molecular complexity index is 267. The molecule has 0 radical (unpaired) electrons. The maximum Gasteiger partial charge on any atom is 0.305 e. The van der Waals surface area contributed by atoms with Crippen molar-refractivity contribution in [2.24, 2.45) is 0 Å². The molecule has 1 heterocycles. The molecular formula is C16H31NO4. The molecule has 1 aliphatic rings. The summed E-state index contributed by atoms with van der Waals surface area (Å²) < 4.78 is 9.90. The predicted molar refractivity (Wildman–Crippen MR) is 82.2 cm³/mol. The van der Waals surface area contributed by atoms with Crippen molar-refractivity contribution in [1.29, 1.82) is 0 Å². The van der Waals surface area contributed by atoms with Crippen LogP contribution in [0.15, 0.2) is 0 Å². The monoisotopic (exact) mass is 301 g/mol. The number of carbonyl (C=O) groups excluding carboxylic acids is 1. The molecule has 0 saturated carbocycles. The zero-order valence-electron chi connectivity index (χ0n) is 13.4. The predicted octanol–water partition coefficient (Wildman–Crippen LogP) is 1.97. The minimum Gasteiger partial charge on any atom is -0.469 e. The maximum atomic E-state index is 10.9. The average Bonchev–Trinajstić information content (AvgIpc) is 2.50. The molecule has 5 heteroatoms. The molecule has 1 aliphatic heterocycles. The molecule has 1 unspecified atom stereocenters. The van der Waals surface area contributed by atoms with Crippen molar-refractivity contribution in [3.8, 4) is 0 Å². The third kappa shape index (κ3) is 9.82. The van der Waals surface area contributed by atoms with Crippen molar-refractivity contribution in [3.63, 3.8) is 0 Å². The summed E-state index contributed by atoms with van der Waals surface area (Å²) in [5.41, 5.74) is 0. The van der Waals surface area contributed by atoms with Crippen LogP contribution in [0.5, 0.6) is 0 Å². The van der Waals surface area contributed by atoms with E-state index >= 15 is 0 Å². The fourth-order valence-corrected chi connectivity index (χ4v) is 2.63. The lowest BCUT2D eigenvalue weighted by Crippen LogP contribution is -2.40. The Morgan fingerprint density at radius 1 is 1.14 bits per heavy atom. The summed E-state index contributed by atoms with van der Waals surface area (Å²) >= 11 is 0.